The fourth-order valence-corrected chi connectivity index (χ4v) is 3.25. The molecule has 5 heteroatoms. The fourth-order valence-electron chi connectivity index (χ4n) is 3.25. The summed E-state index contributed by atoms with van der Waals surface area (Å²) in [5.41, 5.74) is 4.37. The normalized spacial score (nSPS) is 10.8. The van der Waals surface area contributed by atoms with Crippen LogP contribution in [0, 0.1) is 0 Å². The number of nitrogens with one attached hydrogen (secondary N) is 1. The first-order chi connectivity index (χ1) is 15.2. The summed E-state index contributed by atoms with van der Waals surface area (Å²) in [6.45, 7) is 1.39. The van der Waals surface area contributed by atoms with Crippen LogP contribution in [-0.2, 0) is 13.1 Å². The predicted molar refractivity (Wildman–Crippen MR) is 125 cm³/mol. The molecular weight excluding hydrogens is 390 g/mol. The molecule has 0 radical (unpaired) electrons. The minimum atomic E-state index is 0.654. The van der Waals surface area contributed by atoms with Gasteiger partial charge in [0.15, 0.2) is 0 Å². The van der Waals surface area contributed by atoms with Crippen molar-refractivity contribution in [2.45, 2.75) is 13.1 Å². The third-order valence-corrected chi connectivity index (χ3v) is 5.03. The van der Waals surface area contributed by atoms with Crippen molar-refractivity contribution < 1.29 is 18.9 Å². The number of methoxy groups -OCH3 is 4. The molecule has 0 saturated heterocycles. The van der Waals surface area contributed by atoms with Crippen LogP contribution in [0.25, 0.3) is 12.2 Å². The quantitative estimate of drug-likeness (QED) is 0.459. The Morgan fingerprint density at radius 3 is 1.84 bits per heavy atom. The molecule has 0 fully saturated rings. The Kier molecular flexibility index (Phi) is 7.96. The van der Waals surface area contributed by atoms with E-state index in [2.05, 4.69) is 29.6 Å². The van der Waals surface area contributed by atoms with Gasteiger partial charge in [0.1, 0.15) is 23.0 Å². The standard InChI is InChI=1S/C26H29NO4/c1-28-22-11-6-19(7-12-22)5-10-21-15-24(30-3)16-26(31-4)25(21)18-27-17-20-8-13-23(29-2)14-9-20/h5-16,27H,17-18H2,1-4H3/b10-5+. The highest BCUT2D eigenvalue weighted by Crippen LogP contribution is 2.30. The van der Waals surface area contributed by atoms with Crippen LogP contribution in [0.1, 0.15) is 22.3 Å². The molecule has 0 aromatic heterocycles. The number of ether oxygens (including phenoxy) is 4. The van der Waals surface area contributed by atoms with Gasteiger partial charge in [-0.05, 0) is 47.0 Å². The van der Waals surface area contributed by atoms with Gasteiger partial charge in [-0.15, -0.1) is 0 Å². The highest BCUT2D eigenvalue weighted by molar-refractivity contribution is 5.73. The van der Waals surface area contributed by atoms with Crippen LogP contribution in [0.5, 0.6) is 23.0 Å². The molecule has 0 aliphatic rings. The molecule has 0 atom stereocenters. The zero-order valence-electron chi connectivity index (χ0n) is 18.5. The molecule has 0 spiro atoms. The highest BCUT2D eigenvalue weighted by atomic mass is 16.5. The van der Waals surface area contributed by atoms with E-state index in [9.17, 15) is 0 Å². The Bertz CT molecular complexity index is 995. The number of hydrogen-bond acceptors (Lipinski definition) is 5. The predicted octanol–water partition coefficient (Wildman–Crippen LogP) is 5.18. The van der Waals surface area contributed by atoms with E-state index >= 15 is 0 Å². The van der Waals surface area contributed by atoms with Gasteiger partial charge in [-0.3, -0.25) is 0 Å². The van der Waals surface area contributed by atoms with E-state index in [1.807, 2.05) is 48.5 Å². The second-order valence-corrected chi connectivity index (χ2v) is 6.96. The number of hydrogen-bond donors (Lipinski definition) is 1. The molecule has 1 N–H and O–H groups in total. The van der Waals surface area contributed by atoms with Crippen LogP contribution in [0.4, 0.5) is 0 Å². The molecule has 162 valence electrons. The lowest BCUT2D eigenvalue weighted by Crippen LogP contribution is -2.14. The maximum absolute atomic E-state index is 5.66. The van der Waals surface area contributed by atoms with E-state index in [0.29, 0.717) is 6.54 Å². The molecule has 31 heavy (non-hydrogen) atoms. The Hall–Kier alpha value is -3.44. The van der Waals surface area contributed by atoms with E-state index in [4.69, 9.17) is 18.9 Å². The maximum atomic E-state index is 5.66. The van der Waals surface area contributed by atoms with Crippen LogP contribution < -0.4 is 24.3 Å². The molecule has 0 amide bonds. The van der Waals surface area contributed by atoms with E-state index in [-0.39, 0.29) is 0 Å². The largest absolute Gasteiger partial charge is 0.497 e. The summed E-state index contributed by atoms with van der Waals surface area (Å²) < 4.78 is 21.6. The van der Waals surface area contributed by atoms with Crippen molar-refractivity contribution in [2.75, 3.05) is 28.4 Å². The molecule has 3 aromatic rings. The van der Waals surface area contributed by atoms with Crippen molar-refractivity contribution in [1.29, 1.82) is 0 Å². The van der Waals surface area contributed by atoms with Crippen LogP contribution in [0.15, 0.2) is 60.7 Å². The summed E-state index contributed by atoms with van der Waals surface area (Å²) in [5.74, 6) is 3.23. The average molecular weight is 420 g/mol. The zero-order valence-corrected chi connectivity index (χ0v) is 18.5. The highest BCUT2D eigenvalue weighted by Gasteiger charge is 2.11. The van der Waals surface area contributed by atoms with Crippen LogP contribution in [-0.4, -0.2) is 28.4 Å². The van der Waals surface area contributed by atoms with Crippen molar-refractivity contribution in [3.05, 3.63) is 82.9 Å². The van der Waals surface area contributed by atoms with Crippen LogP contribution in [0.3, 0.4) is 0 Å². The average Bonchev–Trinajstić information content (AvgIpc) is 2.83. The lowest BCUT2D eigenvalue weighted by molar-refractivity contribution is 0.389. The van der Waals surface area contributed by atoms with Gasteiger partial charge in [0.05, 0.1) is 28.4 Å². The van der Waals surface area contributed by atoms with Crippen molar-refractivity contribution in [3.63, 3.8) is 0 Å². The maximum Gasteiger partial charge on any atom is 0.127 e. The van der Waals surface area contributed by atoms with Gasteiger partial charge in [-0.25, -0.2) is 0 Å². The third kappa shape index (κ3) is 6.03. The molecule has 5 nitrogen and oxygen atoms in total. The molecule has 0 bridgehead atoms. The lowest BCUT2D eigenvalue weighted by Gasteiger charge is -2.15. The second kappa shape index (κ2) is 11.1. The molecule has 3 aromatic carbocycles. The smallest absolute Gasteiger partial charge is 0.127 e. The monoisotopic (exact) mass is 419 g/mol. The summed E-state index contributed by atoms with van der Waals surface area (Å²) in [6, 6.07) is 19.9. The van der Waals surface area contributed by atoms with Gasteiger partial charge >= 0.3 is 0 Å². The third-order valence-electron chi connectivity index (χ3n) is 5.03. The molecule has 0 aliphatic heterocycles. The minimum Gasteiger partial charge on any atom is -0.497 e. The van der Waals surface area contributed by atoms with Crippen molar-refractivity contribution in [3.8, 4) is 23.0 Å². The van der Waals surface area contributed by atoms with Crippen molar-refractivity contribution >= 4 is 12.2 Å². The summed E-state index contributed by atoms with van der Waals surface area (Å²) in [7, 11) is 6.68. The molecule has 0 saturated carbocycles. The van der Waals surface area contributed by atoms with Gasteiger partial charge in [0, 0.05) is 24.7 Å². The summed E-state index contributed by atoms with van der Waals surface area (Å²) in [5, 5.41) is 3.51. The molecular formula is C26H29NO4. The first-order valence-electron chi connectivity index (χ1n) is 10.1. The van der Waals surface area contributed by atoms with E-state index in [0.717, 1.165) is 46.2 Å². The molecule has 0 aliphatic carbocycles. The van der Waals surface area contributed by atoms with Crippen LogP contribution >= 0.6 is 0 Å². The van der Waals surface area contributed by atoms with Gasteiger partial charge < -0.3 is 24.3 Å². The topological polar surface area (TPSA) is 49.0 Å². The van der Waals surface area contributed by atoms with Crippen molar-refractivity contribution in [2.24, 2.45) is 0 Å². The van der Waals surface area contributed by atoms with Gasteiger partial charge in [0.25, 0.3) is 0 Å². The Balaban J connectivity index is 1.80. The lowest BCUT2D eigenvalue weighted by atomic mass is 10.0. The number of rotatable bonds is 10. The van der Waals surface area contributed by atoms with Gasteiger partial charge in [0.2, 0.25) is 0 Å². The number of benzene rings is 3. The van der Waals surface area contributed by atoms with E-state index < -0.39 is 0 Å². The summed E-state index contributed by atoms with van der Waals surface area (Å²) >= 11 is 0. The van der Waals surface area contributed by atoms with Gasteiger partial charge in [-0.1, -0.05) is 36.4 Å². The van der Waals surface area contributed by atoms with E-state index in [1.54, 1.807) is 28.4 Å². The summed E-state index contributed by atoms with van der Waals surface area (Å²) in [6.07, 6.45) is 4.15. The minimum absolute atomic E-state index is 0.654. The molecule has 0 unspecified atom stereocenters. The van der Waals surface area contributed by atoms with Gasteiger partial charge in [-0.2, -0.15) is 0 Å². The zero-order chi connectivity index (χ0) is 22.1. The first kappa shape index (κ1) is 22.2. The Morgan fingerprint density at radius 1 is 0.645 bits per heavy atom. The van der Waals surface area contributed by atoms with Crippen molar-refractivity contribution in [1.82, 2.24) is 5.32 Å². The Morgan fingerprint density at radius 2 is 1.26 bits per heavy atom. The molecule has 0 heterocycles. The first-order valence-corrected chi connectivity index (χ1v) is 10.1. The van der Waals surface area contributed by atoms with Crippen LogP contribution in [0.2, 0.25) is 0 Å². The van der Waals surface area contributed by atoms with E-state index in [1.165, 1.54) is 5.56 Å². The fraction of sp³-hybridized carbons (Fsp3) is 0.231. The second-order valence-electron chi connectivity index (χ2n) is 6.96. The summed E-state index contributed by atoms with van der Waals surface area (Å²) in [4.78, 5) is 0. The Labute approximate surface area is 184 Å². The SMILES string of the molecule is COc1ccc(/C=C/c2cc(OC)cc(OC)c2CNCc2ccc(OC)cc2)cc1. The molecule has 3 rings (SSSR count).